The van der Waals surface area contributed by atoms with E-state index in [1.54, 1.807) is 24.3 Å². The van der Waals surface area contributed by atoms with Crippen LogP contribution in [0.3, 0.4) is 0 Å². The Bertz CT molecular complexity index is 761. The lowest BCUT2D eigenvalue weighted by Crippen LogP contribution is -2.30. The third-order valence-electron chi connectivity index (χ3n) is 3.45. The predicted octanol–water partition coefficient (Wildman–Crippen LogP) is 2.88. The van der Waals surface area contributed by atoms with Crippen LogP contribution in [0.1, 0.15) is 22.8 Å². The number of nitrogens with one attached hydrogen (secondary N) is 1. The summed E-state index contributed by atoms with van der Waals surface area (Å²) in [4.78, 5) is 35.8. The molecule has 0 aliphatic carbocycles. The summed E-state index contributed by atoms with van der Waals surface area (Å²) >= 11 is 1.28. The van der Waals surface area contributed by atoms with Gasteiger partial charge in [0, 0.05) is 11.4 Å². The maximum atomic E-state index is 12.2. The van der Waals surface area contributed by atoms with Crippen molar-refractivity contribution in [2.24, 2.45) is 0 Å². The van der Waals surface area contributed by atoms with Crippen molar-refractivity contribution < 1.29 is 19.1 Å². The van der Waals surface area contributed by atoms with Gasteiger partial charge in [-0.15, -0.1) is 11.8 Å². The van der Waals surface area contributed by atoms with E-state index >= 15 is 0 Å². The molecule has 0 aromatic heterocycles. The Balaban J connectivity index is 1.79. The molecule has 2 aromatic carbocycles. The predicted molar refractivity (Wildman–Crippen MR) is 101 cm³/mol. The number of rotatable bonds is 9. The Morgan fingerprint density at radius 2 is 1.69 bits per heavy atom. The van der Waals surface area contributed by atoms with Crippen LogP contribution in [-0.4, -0.2) is 36.6 Å². The molecule has 0 saturated carbocycles. The van der Waals surface area contributed by atoms with Gasteiger partial charge in [-0.1, -0.05) is 42.5 Å². The summed E-state index contributed by atoms with van der Waals surface area (Å²) in [6, 6.07) is 16.7. The molecular weight excluding hydrogens is 350 g/mol. The monoisotopic (exact) mass is 371 g/mol. The number of Topliss-reactive ketones (excluding diaryl/α,β-unsaturated/α-hetero) is 1. The summed E-state index contributed by atoms with van der Waals surface area (Å²) in [5.74, 6) is -0.612. The lowest BCUT2D eigenvalue weighted by Gasteiger charge is -2.09. The van der Waals surface area contributed by atoms with Crippen molar-refractivity contribution >= 4 is 29.4 Å². The Hall–Kier alpha value is -2.60. The van der Waals surface area contributed by atoms with E-state index in [0.29, 0.717) is 23.4 Å². The Labute approximate surface area is 157 Å². The second kappa shape index (κ2) is 10.4. The minimum Gasteiger partial charge on any atom is -0.452 e. The van der Waals surface area contributed by atoms with Gasteiger partial charge in [0.1, 0.15) is 5.78 Å². The van der Waals surface area contributed by atoms with Crippen molar-refractivity contribution in [1.29, 1.82) is 0 Å². The van der Waals surface area contributed by atoms with Crippen molar-refractivity contribution in [3.8, 4) is 0 Å². The SMILES string of the molecule is CC(=O)CSc1ccccc1C(=O)OCC(=O)NCCc1ccccc1. The maximum Gasteiger partial charge on any atom is 0.339 e. The Morgan fingerprint density at radius 1 is 1.00 bits per heavy atom. The molecule has 136 valence electrons. The Morgan fingerprint density at radius 3 is 2.42 bits per heavy atom. The molecular formula is C20H21NO4S. The molecule has 0 saturated heterocycles. The number of ketones is 1. The number of amides is 1. The van der Waals surface area contributed by atoms with E-state index in [4.69, 9.17) is 4.74 Å². The van der Waals surface area contributed by atoms with Gasteiger partial charge in [-0.3, -0.25) is 9.59 Å². The molecule has 1 N–H and O–H groups in total. The molecule has 26 heavy (non-hydrogen) atoms. The molecule has 2 aromatic rings. The van der Waals surface area contributed by atoms with Gasteiger partial charge in [0.15, 0.2) is 6.61 Å². The Kier molecular flexibility index (Phi) is 7.89. The van der Waals surface area contributed by atoms with Crippen LogP contribution in [0.25, 0.3) is 0 Å². The van der Waals surface area contributed by atoms with Gasteiger partial charge in [0.05, 0.1) is 11.3 Å². The van der Waals surface area contributed by atoms with Crippen molar-refractivity contribution in [3.63, 3.8) is 0 Å². The molecule has 6 heteroatoms. The molecule has 0 unspecified atom stereocenters. The van der Waals surface area contributed by atoms with E-state index in [9.17, 15) is 14.4 Å². The maximum absolute atomic E-state index is 12.2. The molecule has 0 spiro atoms. The first-order valence-corrected chi connectivity index (χ1v) is 9.24. The molecule has 0 bridgehead atoms. The normalized spacial score (nSPS) is 10.2. The minimum atomic E-state index is -0.574. The van der Waals surface area contributed by atoms with Crippen LogP contribution in [0.2, 0.25) is 0 Å². The smallest absolute Gasteiger partial charge is 0.339 e. The van der Waals surface area contributed by atoms with Crippen LogP contribution in [-0.2, 0) is 20.7 Å². The summed E-state index contributed by atoms with van der Waals surface area (Å²) in [6.07, 6.45) is 0.713. The number of hydrogen-bond donors (Lipinski definition) is 1. The van der Waals surface area contributed by atoms with Crippen LogP contribution >= 0.6 is 11.8 Å². The third-order valence-corrected chi connectivity index (χ3v) is 4.67. The van der Waals surface area contributed by atoms with Crippen LogP contribution in [0.4, 0.5) is 0 Å². The van der Waals surface area contributed by atoms with Crippen LogP contribution in [0, 0.1) is 0 Å². The van der Waals surface area contributed by atoms with E-state index in [-0.39, 0.29) is 24.1 Å². The zero-order valence-electron chi connectivity index (χ0n) is 14.6. The fourth-order valence-corrected chi connectivity index (χ4v) is 3.03. The quantitative estimate of drug-likeness (QED) is 0.542. The van der Waals surface area contributed by atoms with Crippen molar-refractivity contribution in [3.05, 3.63) is 65.7 Å². The number of hydrogen-bond acceptors (Lipinski definition) is 5. The van der Waals surface area contributed by atoms with E-state index in [0.717, 1.165) is 5.56 Å². The highest BCUT2D eigenvalue weighted by molar-refractivity contribution is 8.00. The van der Waals surface area contributed by atoms with Crippen LogP contribution in [0.5, 0.6) is 0 Å². The molecule has 0 heterocycles. The summed E-state index contributed by atoms with van der Waals surface area (Å²) in [6.45, 7) is 1.64. The summed E-state index contributed by atoms with van der Waals surface area (Å²) in [5, 5.41) is 2.73. The highest BCUT2D eigenvalue weighted by Gasteiger charge is 2.14. The molecule has 0 radical (unpaired) electrons. The van der Waals surface area contributed by atoms with Gasteiger partial charge in [0.25, 0.3) is 5.91 Å². The van der Waals surface area contributed by atoms with E-state index in [2.05, 4.69) is 5.32 Å². The van der Waals surface area contributed by atoms with Crippen LogP contribution < -0.4 is 5.32 Å². The number of carbonyl (C=O) groups is 3. The van der Waals surface area contributed by atoms with E-state index < -0.39 is 5.97 Å². The number of benzene rings is 2. The standard InChI is InChI=1S/C20H21NO4S/c1-15(22)14-26-18-10-6-5-9-17(18)20(24)25-13-19(23)21-12-11-16-7-3-2-4-8-16/h2-10H,11-14H2,1H3,(H,21,23). The molecule has 2 rings (SSSR count). The van der Waals surface area contributed by atoms with E-state index in [1.807, 2.05) is 30.3 Å². The lowest BCUT2D eigenvalue weighted by atomic mass is 10.1. The van der Waals surface area contributed by atoms with Gasteiger partial charge in [-0.2, -0.15) is 0 Å². The number of thioether (sulfide) groups is 1. The fourth-order valence-electron chi connectivity index (χ4n) is 2.19. The van der Waals surface area contributed by atoms with Gasteiger partial charge in [0.2, 0.25) is 0 Å². The highest BCUT2D eigenvalue weighted by atomic mass is 32.2. The molecule has 0 aliphatic heterocycles. The zero-order chi connectivity index (χ0) is 18.8. The van der Waals surface area contributed by atoms with Crippen molar-refractivity contribution in [2.45, 2.75) is 18.2 Å². The first-order chi connectivity index (χ1) is 12.6. The average molecular weight is 371 g/mol. The van der Waals surface area contributed by atoms with Gasteiger partial charge in [-0.05, 0) is 31.0 Å². The molecule has 0 atom stereocenters. The number of esters is 1. The first-order valence-electron chi connectivity index (χ1n) is 8.25. The third kappa shape index (κ3) is 6.72. The average Bonchev–Trinajstić information content (AvgIpc) is 2.65. The largest absolute Gasteiger partial charge is 0.452 e. The lowest BCUT2D eigenvalue weighted by molar-refractivity contribution is -0.124. The molecule has 0 aliphatic rings. The molecule has 5 nitrogen and oxygen atoms in total. The number of carbonyl (C=O) groups excluding carboxylic acids is 3. The topological polar surface area (TPSA) is 72.5 Å². The number of ether oxygens (including phenoxy) is 1. The highest BCUT2D eigenvalue weighted by Crippen LogP contribution is 2.23. The van der Waals surface area contributed by atoms with Gasteiger partial charge < -0.3 is 10.1 Å². The van der Waals surface area contributed by atoms with Gasteiger partial charge in [-0.25, -0.2) is 4.79 Å². The van der Waals surface area contributed by atoms with Crippen LogP contribution in [0.15, 0.2) is 59.5 Å². The summed E-state index contributed by atoms with van der Waals surface area (Å²) in [7, 11) is 0. The zero-order valence-corrected chi connectivity index (χ0v) is 15.4. The molecule has 0 fully saturated rings. The second-order valence-corrected chi connectivity index (χ2v) is 6.67. The summed E-state index contributed by atoms with van der Waals surface area (Å²) in [5.41, 5.74) is 1.48. The second-order valence-electron chi connectivity index (χ2n) is 5.65. The minimum absolute atomic E-state index is 0.0240. The van der Waals surface area contributed by atoms with Gasteiger partial charge >= 0.3 is 5.97 Å². The van der Waals surface area contributed by atoms with Crippen molar-refractivity contribution in [2.75, 3.05) is 18.9 Å². The molecule has 1 amide bonds. The van der Waals surface area contributed by atoms with E-state index in [1.165, 1.54) is 18.7 Å². The summed E-state index contributed by atoms with van der Waals surface area (Å²) < 4.78 is 5.09. The first kappa shape index (κ1) is 19.7. The fraction of sp³-hybridized carbons (Fsp3) is 0.250. The van der Waals surface area contributed by atoms with Crippen molar-refractivity contribution in [1.82, 2.24) is 5.32 Å².